The van der Waals surface area contributed by atoms with Gasteiger partial charge in [0, 0.05) is 0 Å². The van der Waals surface area contributed by atoms with Gasteiger partial charge in [-0.1, -0.05) is 0 Å². The van der Waals surface area contributed by atoms with Crippen LogP contribution in [0.3, 0.4) is 0 Å². The highest BCUT2D eigenvalue weighted by Gasteiger charge is 2.11. The third-order valence-electron chi connectivity index (χ3n) is 2.29. The maximum atomic E-state index is 11.4. The average Bonchev–Trinajstić information content (AvgIpc) is 2.74. The molecule has 2 N–H and O–H groups in total. The van der Waals surface area contributed by atoms with E-state index in [1.165, 1.54) is 13.2 Å². The number of hydrogen-bond donors (Lipinski definition) is 2. The smallest absolute Gasteiger partial charge is 0.331 e. The van der Waals surface area contributed by atoms with Gasteiger partial charge in [0.2, 0.25) is 5.88 Å². The first kappa shape index (κ1) is 10.3. The Kier molecular flexibility index (Phi) is 2.40. The van der Waals surface area contributed by atoms with Gasteiger partial charge < -0.3 is 9.52 Å². The van der Waals surface area contributed by atoms with Crippen LogP contribution in [0.15, 0.2) is 32.4 Å². The van der Waals surface area contributed by atoms with Crippen molar-refractivity contribution in [1.82, 2.24) is 9.55 Å². The first-order chi connectivity index (χ1) is 7.59. The second-order valence-corrected chi connectivity index (χ2v) is 3.37. The molecule has 0 atom stereocenters. The molecule has 2 aromatic rings. The van der Waals surface area contributed by atoms with E-state index in [1.807, 2.05) is 0 Å². The standard InChI is InChI=1S/C10H10N2O4/c1-6-8(13)11-10(15)12(9(6)14)5-7-3-2-4-16-7/h2-4,14H,5H2,1H3,(H,11,13,15). The van der Waals surface area contributed by atoms with E-state index in [0.29, 0.717) is 5.76 Å². The van der Waals surface area contributed by atoms with Gasteiger partial charge in [0.25, 0.3) is 5.56 Å². The third kappa shape index (κ3) is 1.65. The summed E-state index contributed by atoms with van der Waals surface area (Å²) in [5.74, 6) is 0.175. The molecule has 0 bridgehead atoms. The molecule has 84 valence electrons. The summed E-state index contributed by atoms with van der Waals surface area (Å²) in [6, 6.07) is 3.35. The first-order valence-electron chi connectivity index (χ1n) is 4.64. The van der Waals surface area contributed by atoms with Crippen molar-refractivity contribution in [3.8, 4) is 5.88 Å². The topological polar surface area (TPSA) is 88.2 Å². The average molecular weight is 222 g/mol. The fraction of sp³-hybridized carbons (Fsp3) is 0.200. The Balaban J connectivity index is 2.53. The van der Waals surface area contributed by atoms with Gasteiger partial charge in [0.05, 0.1) is 18.4 Å². The van der Waals surface area contributed by atoms with Crippen molar-refractivity contribution in [3.63, 3.8) is 0 Å². The van der Waals surface area contributed by atoms with E-state index in [0.717, 1.165) is 4.57 Å². The number of nitrogens with one attached hydrogen (secondary N) is 1. The lowest BCUT2D eigenvalue weighted by atomic mass is 10.3. The van der Waals surface area contributed by atoms with Gasteiger partial charge in [0.1, 0.15) is 5.76 Å². The van der Waals surface area contributed by atoms with Crippen molar-refractivity contribution in [2.75, 3.05) is 0 Å². The number of H-pyrrole nitrogens is 1. The molecule has 6 nitrogen and oxygen atoms in total. The lowest BCUT2D eigenvalue weighted by Gasteiger charge is -2.07. The molecule has 0 saturated heterocycles. The number of nitrogens with zero attached hydrogens (tertiary/aromatic N) is 1. The molecule has 0 fully saturated rings. The SMILES string of the molecule is Cc1c(O)n(Cc2ccco2)c(=O)[nH]c1=O. The maximum absolute atomic E-state index is 11.4. The van der Waals surface area contributed by atoms with E-state index in [4.69, 9.17) is 4.42 Å². The van der Waals surface area contributed by atoms with Crippen molar-refractivity contribution in [2.24, 2.45) is 0 Å². The molecule has 0 radical (unpaired) electrons. The van der Waals surface area contributed by atoms with Gasteiger partial charge in [-0.25, -0.2) is 4.79 Å². The predicted octanol–water partition coefficient (Wildman–Crippen LogP) is 0.192. The monoisotopic (exact) mass is 222 g/mol. The van der Waals surface area contributed by atoms with Crippen molar-refractivity contribution >= 4 is 0 Å². The van der Waals surface area contributed by atoms with Crippen LogP contribution in [-0.2, 0) is 6.54 Å². The zero-order valence-electron chi connectivity index (χ0n) is 8.56. The van der Waals surface area contributed by atoms with Gasteiger partial charge in [-0.15, -0.1) is 0 Å². The second-order valence-electron chi connectivity index (χ2n) is 3.37. The molecule has 2 rings (SSSR count). The normalized spacial score (nSPS) is 10.6. The Morgan fingerprint density at radius 1 is 1.50 bits per heavy atom. The van der Waals surface area contributed by atoms with E-state index in [2.05, 4.69) is 4.98 Å². The van der Waals surface area contributed by atoms with Crippen LogP contribution in [-0.4, -0.2) is 14.7 Å². The summed E-state index contributed by atoms with van der Waals surface area (Å²) >= 11 is 0. The van der Waals surface area contributed by atoms with Crippen LogP contribution < -0.4 is 11.2 Å². The fourth-order valence-corrected chi connectivity index (χ4v) is 1.36. The lowest BCUT2D eigenvalue weighted by Crippen LogP contribution is -2.31. The summed E-state index contributed by atoms with van der Waals surface area (Å²) in [6.07, 6.45) is 1.47. The number of aromatic amines is 1. The van der Waals surface area contributed by atoms with Crippen LogP contribution in [0.2, 0.25) is 0 Å². The molecule has 0 amide bonds. The number of aromatic nitrogens is 2. The summed E-state index contributed by atoms with van der Waals surface area (Å²) in [4.78, 5) is 24.7. The van der Waals surface area contributed by atoms with Crippen LogP contribution in [0.4, 0.5) is 0 Å². The Morgan fingerprint density at radius 2 is 2.25 bits per heavy atom. The predicted molar refractivity (Wildman–Crippen MR) is 55.5 cm³/mol. The summed E-state index contributed by atoms with van der Waals surface area (Å²) in [5, 5.41) is 9.66. The highest BCUT2D eigenvalue weighted by atomic mass is 16.3. The minimum Gasteiger partial charge on any atom is -0.494 e. The van der Waals surface area contributed by atoms with E-state index >= 15 is 0 Å². The van der Waals surface area contributed by atoms with Crippen LogP contribution in [0.1, 0.15) is 11.3 Å². The largest absolute Gasteiger partial charge is 0.494 e. The van der Waals surface area contributed by atoms with E-state index in [9.17, 15) is 14.7 Å². The lowest BCUT2D eigenvalue weighted by molar-refractivity contribution is 0.389. The van der Waals surface area contributed by atoms with E-state index in [1.54, 1.807) is 12.1 Å². The van der Waals surface area contributed by atoms with Crippen molar-refractivity contribution in [1.29, 1.82) is 0 Å². The molecule has 6 heteroatoms. The Morgan fingerprint density at radius 3 is 2.88 bits per heavy atom. The van der Waals surface area contributed by atoms with Gasteiger partial charge in [-0.3, -0.25) is 14.3 Å². The minimum absolute atomic E-state index is 0.0787. The van der Waals surface area contributed by atoms with Crippen molar-refractivity contribution < 1.29 is 9.52 Å². The molecule has 0 aliphatic rings. The Labute approximate surface area is 89.8 Å². The highest BCUT2D eigenvalue weighted by molar-refractivity contribution is 5.21. The molecule has 0 saturated carbocycles. The van der Waals surface area contributed by atoms with Crippen LogP contribution in [0.25, 0.3) is 0 Å². The summed E-state index contributed by atoms with van der Waals surface area (Å²) in [7, 11) is 0. The van der Waals surface area contributed by atoms with Gasteiger partial charge in [0.15, 0.2) is 0 Å². The highest BCUT2D eigenvalue weighted by Crippen LogP contribution is 2.11. The zero-order chi connectivity index (χ0) is 11.7. The molecule has 2 heterocycles. The number of rotatable bonds is 2. The number of hydrogen-bond acceptors (Lipinski definition) is 4. The Bertz CT molecular complexity index is 607. The van der Waals surface area contributed by atoms with Gasteiger partial charge in [-0.05, 0) is 19.1 Å². The summed E-state index contributed by atoms with van der Waals surface area (Å²) in [6.45, 7) is 1.52. The molecule has 2 aromatic heterocycles. The summed E-state index contributed by atoms with van der Waals surface area (Å²) < 4.78 is 6.09. The van der Waals surface area contributed by atoms with Crippen molar-refractivity contribution in [3.05, 3.63) is 50.6 Å². The quantitative estimate of drug-likeness (QED) is 0.759. The molecular weight excluding hydrogens is 212 g/mol. The zero-order valence-corrected chi connectivity index (χ0v) is 8.56. The van der Waals surface area contributed by atoms with Gasteiger partial charge in [-0.2, -0.15) is 0 Å². The molecule has 16 heavy (non-hydrogen) atoms. The number of aromatic hydroxyl groups is 1. The maximum Gasteiger partial charge on any atom is 0.331 e. The summed E-state index contributed by atoms with van der Waals surface area (Å²) in [5.41, 5.74) is -1.14. The first-order valence-corrected chi connectivity index (χ1v) is 4.64. The Hall–Kier alpha value is -2.24. The van der Waals surface area contributed by atoms with Crippen LogP contribution in [0, 0.1) is 6.92 Å². The fourth-order valence-electron chi connectivity index (χ4n) is 1.36. The molecular formula is C10H10N2O4. The molecule has 0 unspecified atom stereocenters. The van der Waals surface area contributed by atoms with Gasteiger partial charge >= 0.3 is 5.69 Å². The van der Waals surface area contributed by atoms with Crippen molar-refractivity contribution in [2.45, 2.75) is 13.5 Å². The van der Waals surface area contributed by atoms with E-state index < -0.39 is 11.2 Å². The van der Waals surface area contributed by atoms with Crippen LogP contribution in [0.5, 0.6) is 5.88 Å². The molecule has 0 spiro atoms. The molecule has 0 aliphatic heterocycles. The third-order valence-corrected chi connectivity index (χ3v) is 2.29. The van der Waals surface area contributed by atoms with E-state index in [-0.39, 0.29) is 18.0 Å². The second kappa shape index (κ2) is 3.73. The minimum atomic E-state index is -0.662. The molecule has 0 aliphatic carbocycles. The molecule has 0 aromatic carbocycles. The van der Waals surface area contributed by atoms with Crippen LogP contribution >= 0.6 is 0 Å². The number of furan rings is 1.